The number of nitrogens with two attached hydrogens (primary N) is 1. The third kappa shape index (κ3) is 5.06. The zero-order chi connectivity index (χ0) is 20.8. The highest BCUT2D eigenvalue weighted by Gasteiger charge is 2.21. The largest absolute Gasteiger partial charge is 0.393 e. The van der Waals surface area contributed by atoms with Crippen molar-refractivity contribution >= 4 is 17.2 Å². The van der Waals surface area contributed by atoms with Gasteiger partial charge in [0.1, 0.15) is 0 Å². The summed E-state index contributed by atoms with van der Waals surface area (Å²) in [6.45, 7) is 5.75. The minimum absolute atomic E-state index is 0.220. The van der Waals surface area contributed by atoms with E-state index in [9.17, 15) is 9.90 Å². The summed E-state index contributed by atoms with van der Waals surface area (Å²) < 4.78 is 2.09. The minimum atomic E-state index is -0.451. The molecule has 0 bridgehead atoms. The van der Waals surface area contributed by atoms with Crippen molar-refractivity contribution in [2.75, 3.05) is 5.32 Å². The second-order valence-corrected chi connectivity index (χ2v) is 7.48. The van der Waals surface area contributed by atoms with Crippen LogP contribution in [0.1, 0.15) is 48.7 Å². The number of allylic oxidation sites excluding steroid dienone is 5. The standard InChI is InChI=1S/C24H29N3O2/c1-3-4-5-7-17(2)23-8-6-15-27(23)19-11-14-21(24(25)29)22(16-19)26-18-9-12-20(28)13-10-18/h3-8,11,14-16,18,20,26,28H,1,9-10,12-13H2,2H3,(H2,25,29)/b5-4-,17-7+. The maximum absolute atomic E-state index is 11.9. The number of hydrogen-bond donors (Lipinski definition) is 3. The number of amides is 1. The van der Waals surface area contributed by atoms with Crippen LogP contribution in [0.3, 0.4) is 0 Å². The number of aromatic nitrogens is 1. The van der Waals surface area contributed by atoms with E-state index in [1.165, 1.54) is 0 Å². The summed E-state index contributed by atoms with van der Waals surface area (Å²) in [6.07, 6.45) is 12.7. The van der Waals surface area contributed by atoms with Gasteiger partial charge in [0, 0.05) is 29.3 Å². The molecule has 1 aliphatic carbocycles. The Morgan fingerprint density at radius 1 is 1.24 bits per heavy atom. The van der Waals surface area contributed by atoms with Gasteiger partial charge >= 0.3 is 0 Å². The second kappa shape index (κ2) is 9.43. The third-order valence-corrected chi connectivity index (χ3v) is 5.35. The third-order valence-electron chi connectivity index (χ3n) is 5.35. The van der Waals surface area contributed by atoms with Crippen molar-refractivity contribution in [1.82, 2.24) is 4.57 Å². The van der Waals surface area contributed by atoms with Gasteiger partial charge < -0.3 is 20.7 Å². The monoisotopic (exact) mass is 391 g/mol. The molecule has 2 aromatic rings. The molecule has 4 N–H and O–H groups in total. The number of benzene rings is 1. The van der Waals surface area contributed by atoms with Gasteiger partial charge in [-0.25, -0.2) is 0 Å². The van der Waals surface area contributed by atoms with Crippen LogP contribution >= 0.6 is 0 Å². The summed E-state index contributed by atoms with van der Waals surface area (Å²) in [4.78, 5) is 11.9. The lowest BCUT2D eigenvalue weighted by atomic mass is 9.92. The van der Waals surface area contributed by atoms with E-state index in [-0.39, 0.29) is 12.1 Å². The fourth-order valence-electron chi connectivity index (χ4n) is 3.75. The summed E-state index contributed by atoms with van der Waals surface area (Å²) in [5, 5.41) is 13.2. The quantitative estimate of drug-likeness (QED) is 0.611. The molecule has 0 atom stereocenters. The summed E-state index contributed by atoms with van der Waals surface area (Å²) in [5.74, 6) is -0.451. The first kappa shape index (κ1) is 20.7. The first-order valence-electron chi connectivity index (χ1n) is 10.0. The van der Waals surface area contributed by atoms with E-state index in [0.717, 1.165) is 48.3 Å². The molecule has 0 aliphatic heterocycles. The Morgan fingerprint density at radius 3 is 2.69 bits per heavy atom. The molecule has 1 aliphatic rings. The van der Waals surface area contributed by atoms with Crippen LogP contribution in [0.15, 0.2) is 67.4 Å². The van der Waals surface area contributed by atoms with Crippen LogP contribution in [0.4, 0.5) is 5.69 Å². The minimum Gasteiger partial charge on any atom is -0.393 e. The smallest absolute Gasteiger partial charge is 0.250 e. The lowest BCUT2D eigenvalue weighted by Gasteiger charge is -2.28. The predicted octanol–water partition coefficient (Wildman–Crippen LogP) is 4.44. The number of carbonyl (C=O) groups excluding carboxylic acids is 1. The predicted molar refractivity (Wildman–Crippen MR) is 119 cm³/mol. The highest BCUT2D eigenvalue weighted by Crippen LogP contribution is 2.28. The van der Waals surface area contributed by atoms with Crippen molar-refractivity contribution in [2.45, 2.75) is 44.8 Å². The number of anilines is 1. The zero-order valence-electron chi connectivity index (χ0n) is 16.8. The Hall–Kier alpha value is -3.05. The van der Waals surface area contributed by atoms with E-state index in [1.807, 2.05) is 42.6 Å². The maximum atomic E-state index is 11.9. The van der Waals surface area contributed by atoms with Gasteiger partial charge in [0.2, 0.25) is 0 Å². The molecule has 0 unspecified atom stereocenters. The number of nitrogens with one attached hydrogen (secondary N) is 1. The van der Waals surface area contributed by atoms with Crippen LogP contribution in [-0.2, 0) is 0 Å². The molecule has 1 heterocycles. The summed E-state index contributed by atoms with van der Waals surface area (Å²) >= 11 is 0. The van der Waals surface area contributed by atoms with Gasteiger partial charge in [0.25, 0.3) is 5.91 Å². The molecule has 3 rings (SSSR count). The number of aliphatic hydroxyl groups excluding tert-OH is 1. The van der Waals surface area contributed by atoms with Crippen molar-refractivity contribution in [3.63, 3.8) is 0 Å². The molecule has 1 amide bonds. The lowest BCUT2D eigenvalue weighted by molar-refractivity contribution is 0.100. The van der Waals surface area contributed by atoms with Crippen LogP contribution in [0.25, 0.3) is 11.3 Å². The molecule has 1 fully saturated rings. The van der Waals surface area contributed by atoms with Crippen molar-refractivity contribution in [1.29, 1.82) is 0 Å². The van der Waals surface area contributed by atoms with Crippen LogP contribution in [0.2, 0.25) is 0 Å². The van der Waals surface area contributed by atoms with E-state index in [4.69, 9.17) is 5.73 Å². The van der Waals surface area contributed by atoms with E-state index in [1.54, 1.807) is 12.1 Å². The number of aliphatic hydroxyl groups is 1. The maximum Gasteiger partial charge on any atom is 0.250 e. The van der Waals surface area contributed by atoms with E-state index < -0.39 is 5.91 Å². The highest BCUT2D eigenvalue weighted by atomic mass is 16.3. The van der Waals surface area contributed by atoms with Crippen molar-refractivity contribution in [3.8, 4) is 5.69 Å². The average molecular weight is 392 g/mol. The number of carbonyl (C=O) groups is 1. The summed E-state index contributed by atoms with van der Waals surface area (Å²) in [7, 11) is 0. The SMILES string of the molecule is C=C/C=C\C=C(/C)c1cccn1-c1ccc(C(N)=O)c(NC2CCC(O)CC2)c1. The van der Waals surface area contributed by atoms with Gasteiger partial charge in [-0.3, -0.25) is 4.79 Å². The van der Waals surface area contributed by atoms with Crippen LogP contribution in [0, 0.1) is 0 Å². The fourth-order valence-corrected chi connectivity index (χ4v) is 3.75. The number of rotatable bonds is 7. The van der Waals surface area contributed by atoms with Gasteiger partial charge in [-0.15, -0.1) is 0 Å². The second-order valence-electron chi connectivity index (χ2n) is 7.48. The fraction of sp³-hybridized carbons (Fsp3) is 0.292. The van der Waals surface area contributed by atoms with Gasteiger partial charge in [0.05, 0.1) is 11.7 Å². The molecule has 0 spiro atoms. The molecule has 0 radical (unpaired) electrons. The molecule has 1 saturated carbocycles. The van der Waals surface area contributed by atoms with E-state index in [2.05, 4.69) is 29.5 Å². The first-order chi connectivity index (χ1) is 14.0. The average Bonchev–Trinajstić information content (AvgIpc) is 3.19. The molecule has 5 heteroatoms. The molecule has 152 valence electrons. The number of primary amides is 1. The lowest BCUT2D eigenvalue weighted by Crippen LogP contribution is -2.29. The number of hydrogen-bond acceptors (Lipinski definition) is 3. The van der Waals surface area contributed by atoms with E-state index in [0.29, 0.717) is 5.56 Å². The highest BCUT2D eigenvalue weighted by molar-refractivity contribution is 5.99. The van der Waals surface area contributed by atoms with Gasteiger partial charge in [-0.05, 0) is 68.5 Å². The molecule has 1 aromatic heterocycles. The van der Waals surface area contributed by atoms with Crippen molar-refractivity contribution in [2.24, 2.45) is 5.73 Å². The Morgan fingerprint density at radius 2 is 2.00 bits per heavy atom. The molecular formula is C24H29N3O2. The normalized spacial score (nSPS) is 20.0. The summed E-state index contributed by atoms with van der Waals surface area (Å²) in [5.41, 5.74) is 9.96. The Labute approximate surface area is 172 Å². The Bertz CT molecular complexity index is 931. The molecule has 1 aromatic carbocycles. The van der Waals surface area contributed by atoms with Gasteiger partial charge in [0.15, 0.2) is 0 Å². The summed E-state index contributed by atoms with van der Waals surface area (Å²) in [6, 6.07) is 9.94. The first-order valence-corrected chi connectivity index (χ1v) is 10.0. The van der Waals surface area contributed by atoms with Crippen LogP contribution in [-0.4, -0.2) is 27.7 Å². The topological polar surface area (TPSA) is 80.3 Å². The van der Waals surface area contributed by atoms with Crippen molar-refractivity contribution < 1.29 is 9.90 Å². The zero-order valence-corrected chi connectivity index (χ0v) is 16.8. The molecule has 5 nitrogen and oxygen atoms in total. The molecular weight excluding hydrogens is 362 g/mol. The molecule has 0 saturated heterocycles. The van der Waals surface area contributed by atoms with Gasteiger partial charge in [-0.2, -0.15) is 0 Å². The van der Waals surface area contributed by atoms with Crippen LogP contribution in [0.5, 0.6) is 0 Å². The van der Waals surface area contributed by atoms with E-state index >= 15 is 0 Å². The van der Waals surface area contributed by atoms with Gasteiger partial charge in [-0.1, -0.05) is 30.9 Å². The number of nitrogens with zero attached hydrogens (tertiary/aromatic N) is 1. The van der Waals surface area contributed by atoms with Crippen LogP contribution < -0.4 is 11.1 Å². The van der Waals surface area contributed by atoms with Crippen molar-refractivity contribution in [3.05, 3.63) is 78.7 Å². The molecule has 29 heavy (non-hydrogen) atoms. The Kier molecular flexibility index (Phi) is 6.73. The Balaban J connectivity index is 1.92.